The van der Waals surface area contributed by atoms with E-state index in [2.05, 4.69) is 5.32 Å². The number of hydrogen-bond acceptors (Lipinski definition) is 4. The van der Waals surface area contributed by atoms with Crippen LogP contribution in [-0.4, -0.2) is 24.5 Å². The number of ether oxygens (including phenoxy) is 2. The lowest BCUT2D eigenvalue weighted by Crippen LogP contribution is -2.21. The number of amides is 2. The number of carbonyl (C=O) groups excluding carboxylic acids is 2. The Kier molecular flexibility index (Phi) is 5.73. The lowest BCUT2D eigenvalue weighted by atomic mass is 10.2. The van der Waals surface area contributed by atoms with Gasteiger partial charge < -0.3 is 20.5 Å². The Balaban J connectivity index is 1.63. The van der Waals surface area contributed by atoms with Gasteiger partial charge in [-0.1, -0.05) is 12.1 Å². The van der Waals surface area contributed by atoms with Gasteiger partial charge in [-0.05, 0) is 62.1 Å². The molecule has 1 aliphatic carbocycles. The van der Waals surface area contributed by atoms with Gasteiger partial charge in [0.2, 0.25) is 0 Å². The van der Waals surface area contributed by atoms with E-state index >= 15 is 0 Å². The highest BCUT2D eigenvalue weighted by molar-refractivity contribution is 6.06. The van der Waals surface area contributed by atoms with Crippen molar-refractivity contribution < 1.29 is 19.1 Å². The first-order chi connectivity index (χ1) is 12.6. The van der Waals surface area contributed by atoms with Gasteiger partial charge in [-0.25, -0.2) is 0 Å². The molecule has 6 heteroatoms. The Bertz CT molecular complexity index is 768. The Morgan fingerprint density at radius 3 is 2.42 bits per heavy atom. The summed E-state index contributed by atoms with van der Waals surface area (Å²) in [4.78, 5) is 23.4. The molecule has 2 aromatic carbocycles. The van der Waals surface area contributed by atoms with Gasteiger partial charge in [-0.3, -0.25) is 9.59 Å². The van der Waals surface area contributed by atoms with E-state index in [9.17, 15) is 9.59 Å². The number of nitrogens with one attached hydrogen (secondary N) is 1. The van der Waals surface area contributed by atoms with Gasteiger partial charge in [0.05, 0.1) is 11.7 Å². The number of para-hydroxylation sites is 1. The molecule has 1 saturated carbocycles. The standard InChI is InChI=1S/C20H22N2O4/c21-19(23)13-25-18-8-4-3-7-17(18)20(24)22-14-9-11-16(12-10-14)26-15-5-1-2-6-15/h3-4,7-12,15H,1-2,5-6,13H2,(H2,21,23)(H,22,24). The molecule has 0 atom stereocenters. The molecule has 1 aliphatic rings. The maximum Gasteiger partial charge on any atom is 0.259 e. The zero-order valence-electron chi connectivity index (χ0n) is 14.4. The first kappa shape index (κ1) is 17.8. The molecule has 3 N–H and O–H groups in total. The fourth-order valence-electron chi connectivity index (χ4n) is 2.94. The molecular weight excluding hydrogens is 332 g/mol. The quantitative estimate of drug-likeness (QED) is 0.799. The average Bonchev–Trinajstić information content (AvgIpc) is 3.15. The van der Waals surface area contributed by atoms with Crippen molar-refractivity contribution in [3.8, 4) is 11.5 Å². The summed E-state index contributed by atoms with van der Waals surface area (Å²) in [5.74, 6) is 0.192. The maximum atomic E-state index is 12.5. The predicted octanol–water partition coefficient (Wildman–Crippen LogP) is 3.12. The number of rotatable bonds is 7. The van der Waals surface area contributed by atoms with Crippen molar-refractivity contribution in [1.29, 1.82) is 0 Å². The summed E-state index contributed by atoms with van der Waals surface area (Å²) in [6.07, 6.45) is 4.93. The molecule has 2 aromatic rings. The van der Waals surface area contributed by atoms with Gasteiger partial charge in [0.15, 0.2) is 6.61 Å². The Hall–Kier alpha value is -3.02. The molecule has 0 aliphatic heterocycles. The van der Waals surface area contributed by atoms with Crippen molar-refractivity contribution in [2.45, 2.75) is 31.8 Å². The fourth-order valence-corrected chi connectivity index (χ4v) is 2.94. The van der Waals surface area contributed by atoms with Gasteiger partial charge in [-0.2, -0.15) is 0 Å². The van der Waals surface area contributed by atoms with Gasteiger partial charge in [0.25, 0.3) is 11.8 Å². The fraction of sp³-hybridized carbons (Fsp3) is 0.300. The third-order valence-electron chi connectivity index (χ3n) is 4.22. The first-order valence-electron chi connectivity index (χ1n) is 8.70. The van der Waals surface area contributed by atoms with E-state index < -0.39 is 5.91 Å². The summed E-state index contributed by atoms with van der Waals surface area (Å²) in [6.45, 7) is -0.280. The van der Waals surface area contributed by atoms with Crippen LogP contribution in [0.3, 0.4) is 0 Å². The van der Waals surface area contributed by atoms with Crippen molar-refractivity contribution in [1.82, 2.24) is 0 Å². The molecule has 0 heterocycles. The van der Waals surface area contributed by atoms with E-state index in [1.165, 1.54) is 12.8 Å². The Morgan fingerprint density at radius 2 is 1.73 bits per heavy atom. The van der Waals surface area contributed by atoms with Gasteiger partial charge in [-0.15, -0.1) is 0 Å². The van der Waals surface area contributed by atoms with Gasteiger partial charge in [0.1, 0.15) is 11.5 Å². The summed E-state index contributed by atoms with van der Waals surface area (Å²) in [7, 11) is 0. The van der Waals surface area contributed by atoms with Crippen LogP contribution in [0, 0.1) is 0 Å². The molecule has 136 valence electrons. The van der Waals surface area contributed by atoms with Crippen molar-refractivity contribution in [2.24, 2.45) is 5.73 Å². The summed E-state index contributed by atoms with van der Waals surface area (Å²) in [5.41, 5.74) is 6.07. The molecular formula is C20H22N2O4. The third-order valence-corrected chi connectivity index (χ3v) is 4.22. The Labute approximate surface area is 152 Å². The van der Waals surface area contributed by atoms with Crippen LogP contribution in [-0.2, 0) is 4.79 Å². The molecule has 0 aromatic heterocycles. The van der Waals surface area contributed by atoms with E-state index in [-0.39, 0.29) is 12.5 Å². The minimum Gasteiger partial charge on any atom is -0.490 e. The Morgan fingerprint density at radius 1 is 1.04 bits per heavy atom. The van der Waals surface area contributed by atoms with Crippen LogP contribution in [0.2, 0.25) is 0 Å². The lowest BCUT2D eigenvalue weighted by Gasteiger charge is -2.14. The molecule has 2 amide bonds. The van der Waals surface area contributed by atoms with Crippen LogP contribution in [0.4, 0.5) is 5.69 Å². The van der Waals surface area contributed by atoms with Crippen LogP contribution in [0.25, 0.3) is 0 Å². The molecule has 3 rings (SSSR count). The molecule has 0 radical (unpaired) electrons. The van der Waals surface area contributed by atoms with Crippen molar-refractivity contribution in [2.75, 3.05) is 11.9 Å². The van der Waals surface area contributed by atoms with Crippen LogP contribution in [0.1, 0.15) is 36.0 Å². The van der Waals surface area contributed by atoms with E-state index in [4.69, 9.17) is 15.2 Å². The topological polar surface area (TPSA) is 90.7 Å². The zero-order valence-corrected chi connectivity index (χ0v) is 14.4. The van der Waals surface area contributed by atoms with Crippen molar-refractivity contribution in [3.63, 3.8) is 0 Å². The summed E-state index contributed by atoms with van der Waals surface area (Å²) in [6, 6.07) is 14.0. The first-order valence-corrected chi connectivity index (χ1v) is 8.70. The normalized spacial score (nSPS) is 14.0. The highest BCUT2D eigenvalue weighted by Gasteiger charge is 2.17. The minimum absolute atomic E-state index is 0.280. The summed E-state index contributed by atoms with van der Waals surface area (Å²) in [5, 5.41) is 2.82. The summed E-state index contributed by atoms with van der Waals surface area (Å²) >= 11 is 0. The van der Waals surface area contributed by atoms with Gasteiger partial charge >= 0.3 is 0 Å². The summed E-state index contributed by atoms with van der Waals surface area (Å²) < 4.78 is 11.2. The second-order valence-electron chi connectivity index (χ2n) is 6.25. The highest BCUT2D eigenvalue weighted by atomic mass is 16.5. The number of hydrogen-bond donors (Lipinski definition) is 2. The highest BCUT2D eigenvalue weighted by Crippen LogP contribution is 2.25. The molecule has 6 nitrogen and oxygen atoms in total. The molecule has 0 saturated heterocycles. The van der Waals surface area contributed by atoms with Crippen molar-refractivity contribution >= 4 is 17.5 Å². The smallest absolute Gasteiger partial charge is 0.259 e. The zero-order chi connectivity index (χ0) is 18.4. The molecule has 1 fully saturated rings. The van der Waals surface area contributed by atoms with Crippen LogP contribution < -0.4 is 20.5 Å². The van der Waals surface area contributed by atoms with E-state index in [0.717, 1.165) is 18.6 Å². The minimum atomic E-state index is -0.599. The third kappa shape index (κ3) is 4.75. The molecule has 0 bridgehead atoms. The molecule has 0 spiro atoms. The maximum absolute atomic E-state index is 12.5. The van der Waals surface area contributed by atoms with Crippen molar-refractivity contribution in [3.05, 3.63) is 54.1 Å². The van der Waals surface area contributed by atoms with Crippen LogP contribution in [0.5, 0.6) is 11.5 Å². The number of nitrogens with two attached hydrogens (primary N) is 1. The van der Waals surface area contributed by atoms with Crippen LogP contribution in [0.15, 0.2) is 48.5 Å². The predicted molar refractivity (Wildman–Crippen MR) is 98.4 cm³/mol. The number of carbonyl (C=O) groups is 2. The van der Waals surface area contributed by atoms with E-state index in [0.29, 0.717) is 23.1 Å². The van der Waals surface area contributed by atoms with Gasteiger partial charge in [0, 0.05) is 5.69 Å². The van der Waals surface area contributed by atoms with E-state index in [1.807, 2.05) is 12.1 Å². The number of benzene rings is 2. The lowest BCUT2D eigenvalue weighted by molar-refractivity contribution is -0.119. The monoisotopic (exact) mass is 354 g/mol. The number of primary amides is 1. The second kappa shape index (κ2) is 8.38. The SMILES string of the molecule is NC(=O)COc1ccccc1C(=O)Nc1ccc(OC2CCCC2)cc1. The molecule has 0 unspecified atom stereocenters. The average molecular weight is 354 g/mol. The van der Waals surface area contributed by atoms with E-state index in [1.54, 1.807) is 36.4 Å². The largest absolute Gasteiger partial charge is 0.490 e. The molecule has 26 heavy (non-hydrogen) atoms. The van der Waals surface area contributed by atoms with Crippen LogP contribution >= 0.6 is 0 Å². The second-order valence-corrected chi connectivity index (χ2v) is 6.25. The number of anilines is 1.